The molecule has 0 unspecified atom stereocenters. The second-order valence-electron chi connectivity index (χ2n) is 4.46. The summed E-state index contributed by atoms with van der Waals surface area (Å²) in [4.78, 5) is 10.3. The Labute approximate surface area is 140 Å². The van der Waals surface area contributed by atoms with Crippen LogP contribution in [-0.2, 0) is 10.0 Å². The van der Waals surface area contributed by atoms with Gasteiger partial charge >= 0.3 is 0 Å². The highest BCUT2D eigenvalue weighted by Crippen LogP contribution is 2.35. The molecule has 0 fully saturated rings. The van der Waals surface area contributed by atoms with Crippen LogP contribution < -0.4 is 4.72 Å². The van der Waals surface area contributed by atoms with Crippen LogP contribution in [0, 0.1) is 17.0 Å². The summed E-state index contributed by atoms with van der Waals surface area (Å²) in [6.45, 7) is 1.83. The predicted octanol–water partition coefficient (Wildman–Crippen LogP) is 4.12. The van der Waals surface area contributed by atoms with Crippen LogP contribution in [0.5, 0.6) is 0 Å². The van der Waals surface area contributed by atoms with Crippen LogP contribution in [0.3, 0.4) is 0 Å². The maximum absolute atomic E-state index is 12.3. The van der Waals surface area contributed by atoms with E-state index in [2.05, 4.69) is 20.7 Å². The Kier molecular flexibility index (Phi) is 4.74. The summed E-state index contributed by atoms with van der Waals surface area (Å²) in [5, 5.41) is 11.0. The molecular weight excluding hydrogens is 396 g/mol. The number of nitro benzene ring substituents is 1. The lowest BCUT2D eigenvalue weighted by Crippen LogP contribution is -2.13. The lowest BCUT2D eigenvalue weighted by Gasteiger charge is -2.10. The zero-order valence-electron chi connectivity index (χ0n) is 11.2. The number of rotatable bonds is 4. The van der Waals surface area contributed by atoms with Crippen LogP contribution in [0.4, 0.5) is 11.4 Å². The Bertz CT molecular complexity index is 838. The van der Waals surface area contributed by atoms with E-state index in [4.69, 9.17) is 11.6 Å². The van der Waals surface area contributed by atoms with Crippen molar-refractivity contribution in [3.05, 3.63) is 61.6 Å². The van der Waals surface area contributed by atoms with E-state index in [0.29, 0.717) is 0 Å². The molecule has 0 heterocycles. The van der Waals surface area contributed by atoms with Crippen molar-refractivity contribution in [1.29, 1.82) is 0 Å². The zero-order chi connectivity index (χ0) is 16.5. The number of benzene rings is 2. The Balaban J connectivity index is 2.43. The van der Waals surface area contributed by atoms with Crippen LogP contribution in [0.1, 0.15) is 5.56 Å². The summed E-state index contributed by atoms with van der Waals surface area (Å²) < 4.78 is 27.0. The van der Waals surface area contributed by atoms with Crippen molar-refractivity contribution in [2.24, 2.45) is 0 Å². The Hall–Kier alpha value is -1.64. The predicted molar refractivity (Wildman–Crippen MR) is 87.8 cm³/mol. The van der Waals surface area contributed by atoms with Gasteiger partial charge in [0.1, 0.15) is 0 Å². The van der Waals surface area contributed by atoms with E-state index in [1.54, 1.807) is 12.1 Å². The number of nitro groups is 1. The summed E-state index contributed by atoms with van der Waals surface area (Å²) in [5.74, 6) is 0. The van der Waals surface area contributed by atoms with E-state index in [-0.39, 0.29) is 25.8 Å². The molecular formula is C13H10BrClN2O4S. The molecule has 0 atom stereocenters. The van der Waals surface area contributed by atoms with Gasteiger partial charge in [0, 0.05) is 6.07 Å². The molecule has 116 valence electrons. The molecule has 0 bridgehead atoms. The summed E-state index contributed by atoms with van der Waals surface area (Å²) in [6, 6.07) is 8.53. The number of hydrogen-bond donors (Lipinski definition) is 1. The highest BCUT2D eigenvalue weighted by atomic mass is 79.9. The zero-order valence-corrected chi connectivity index (χ0v) is 14.4. The van der Waals surface area contributed by atoms with Crippen LogP contribution >= 0.6 is 27.5 Å². The van der Waals surface area contributed by atoms with Crippen LogP contribution in [0.25, 0.3) is 0 Å². The second kappa shape index (κ2) is 6.23. The number of nitrogens with one attached hydrogen (secondary N) is 1. The van der Waals surface area contributed by atoms with Gasteiger partial charge in [0.2, 0.25) is 0 Å². The summed E-state index contributed by atoms with van der Waals surface area (Å²) in [5.41, 5.74) is 0.569. The van der Waals surface area contributed by atoms with E-state index in [1.165, 1.54) is 18.2 Å². The van der Waals surface area contributed by atoms with Gasteiger partial charge in [-0.25, -0.2) is 8.42 Å². The van der Waals surface area contributed by atoms with Gasteiger partial charge in [-0.2, -0.15) is 0 Å². The van der Waals surface area contributed by atoms with Gasteiger partial charge in [-0.05, 0) is 41.1 Å². The van der Waals surface area contributed by atoms with Crippen LogP contribution in [-0.4, -0.2) is 13.3 Å². The minimum Gasteiger partial charge on any atom is -0.278 e. The second-order valence-corrected chi connectivity index (χ2v) is 7.40. The molecule has 0 aliphatic rings. The largest absolute Gasteiger partial charge is 0.285 e. The van der Waals surface area contributed by atoms with Crippen molar-refractivity contribution in [1.82, 2.24) is 0 Å². The molecule has 0 saturated heterocycles. The van der Waals surface area contributed by atoms with Crippen molar-refractivity contribution in [2.45, 2.75) is 11.8 Å². The van der Waals surface area contributed by atoms with Crippen LogP contribution in [0.2, 0.25) is 5.02 Å². The minimum atomic E-state index is -3.88. The Morgan fingerprint density at radius 1 is 1.23 bits per heavy atom. The quantitative estimate of drug-likeness (QED) is 0.612. The number of nitrogens with zero attached hydrogens (tertiary/aromatic N) is 1. The highest BCUT2D eigenvalue weighted by molar-refractivity contribution is 9.10. The fourth-order valence-corrected chi connectivity index (χ4v) is 3.63. The molecule has 0 amide bonds. The SMILES string of the molecule is Cc1ccc(S(=O)(=O)Nc2cc([N+](=O)[O-])c(Br)cc2Cl)cc1. The van der Waals surface area contributed by atoms with Gasteiger partial charge in [-0.15, -0.1) is 0 Å². The van der Waals surface area contributed by atoms with Gasteiger partial charge < -0.3 is 0 Å². The van der Waals surface area contributed by atoms with E-state index in [9.17, 15) is 18.5 Å². The molecule has 0 aliphatic carbocycles. The van der Waals surface area contributed by atoms with Gasteiger partial charge in [0.15, 0.2) is 0 Å². The van der Waals surface area contributed by atoms with E-state index in [1.807, 2.05) is 6.92 Å². The van der Waals surface area contributed by atoms with E-state index in [0.717, 1.165) is 11.6 Å². The topological polar surface area (TPSA) is 89.3 Å². The maximum Gasteiger partial charge on any atom is 0.285 e. The Morgan fingerprint density at radius 2 is 1.82 bits per heavy atom. The lowest BCUT2D eigenvalue weighted by atomic mass is 10.2. The normalized spacial score (nSPS) is 11.2. The third kappa shape index (κ3) is 3.57. The van der Waals surface area contributed by atoms with Gasteiger partial charge in [-0.1, -0.05) is 29.3 Å². The van der Waals surface area contributed by atoms with E-state index < -0.39 is 14.9 Å². The van der Waals surface area contributed by atoms with Crippen molar-refractivity contribution >= 4 is 48.9 Å². The third-order valence-corrected chi connectivity index (χ3v) is 5.14. The molecule has 22 heavy (non-hydrogen) atoms. The average molecular weight is 406 g/mol. The first-order valence-electron chi connectivity index (χ1n) is 5.93. The van der Waals surface area contributed by atoms with E-state index >= 15 is 0 Å². The van der Waals surface area contributed by atoms with Gasteiger partial charge in [-0.3, -0.25) is 14.8 Å². The molecule has 9 heteroatoms. The fraction of sp³-hybridized carbons (Fsp3) is 0.0769. The van der Waals surface area contributed by atoms with Crippen molar-refractivity contribution in [3.8, 4) is 0 Å². The highest BCUT2D eigenvalue weighted by Gasteiger charge is 2.20. The van der Waals surface area contributed by atoms with Crippen molar-refractivity contribution in [2.75, 3.05) is 4.72 Å². The molecule has 0 aromatic heterocycles. The molecule has 0 saturated carbocycles. The third-order valence-electron chi connectivity index (χ3n) is 2.81. The number of halogens is 2. The molecule has 1 N–H and O–H groups in total. The fourth-order valence-electron chi connectivity index (χ4n) is 1.68. The van der Waals surface area contributed by atoms with Gasteiger partial charge in [0.25, 0.3) is 15.7 Å². The first-order valence-corrected chi connectivity index (χ1v) is 8.59. The molecule has 0 spiro atoms. The smallest absolute Gasteiger partial charge is 0.278 e. The molecule has 2 rings (SSSR count). The Morgan fingerprint density at radius 3 is 2.36 bits per heavy atom. The number of hydrogen-bond acceptors (Lipinski definition) is 4. The van der Waals surface area contributed by atoms with Gasteiger partial charge in [0.05, 0.1) is 25.0 Å². The molecule has 2 aromatic carbocycles. The van der Waals surface area contributed by atoms with Crippen molar-refractivity contribution in [3.63, 3.8) is 0 Å². The minimum absolute atomic E-state index is 0.0414. The summed E-state index contributed by atoms with van der Waals surface area (Å²) >= 11 is 8.96. The first kappa shape index (κ1) is 16.7. The number of anilines is 1. The summed E-state index contributed by atoms with van der Waals surface area (Å²) in [6.07, 6.45) is 0. The molecule has 0 radical (unpaired) electrons. The van der Waals surface area contributed by atoms with Crippen molar-refractivity contribution < 1.29 is 13.3 Å². The number of sulfonamides is 1. The maximum atomic E-state index is 12.3. The monoisotopic (exact) mass is 404 g/mol. The number of aryl methyl sites for hydroxylation is 1. The standard InChI is InChI=1S/C13H10BrClN2O4S/c1-8-2-4-9(5-3-8)22(20,21)16-12-7-13(17(18)19)10(14)6-11(12)15/h2-7,16H,1H3. The summed E-state index contributed by atoms with van der Waals surface area (Å²) in [7, 11) is -3.88. The van der Waals surface area contributed by atoms with Crippen LogP contribution in [0.15, 0.2) is 45.8 Å². The molecule has 0 aliphatic heterocycles. The molecule has 2 aromatic rings. The average Bonchev–Trinajstić information content (AvgIpc) is 2.41. The molecule has 6 nitrogen and oxygen atoms in total. The first-order chi connectivity index (χ1) is 10.2. The lowest BCUT2D eigenvalue weighted by molar-refractivity contribution is -0.385.